The third-order valence-electron chi connectivity index (χ3n) is 3.22. The Kier molecular flexibility index (Phi) is 5.69. The molecule has 0 aromatic heterocycles. The highest BCUT2D eigenvalue weighted by atomic mass is 16.5. The lowest BCUT2D eigenvalue weighted by Crippen LogP contribution is -2.04. The molecule has 0 aliphatic carbocycles. The van der Waals surface area contributed by atoms with Crippen molar-refractivity contribution in [1.82, 2.24) is 0 Å². The number of nitrogens with one attached hydrogen (secondary N) is 1. The zero-order valence-electron chi connectivity index (χ0n) is 13.2. The van der Waals surface area contributed by atoms with E-state index >= 15 is 0 Å². The highest BCUT2D eigenvalue weighted by molar-refractivity contribution is 6.04. The number of benzene rings is 2. The van der Waals surface area contributed by atoms with E-state index in [1.165, 1.54) is 6.08 Å². The highest BCUT2D eigenvalue weighted by Gasteiger charge is 2.05. The predicted octanol–water partition coefficient (Wildman–Crippen LogP) is 3.98. The summed E-state index contributed by atoms with van der Waals surface area (Å²) in [5, 5.41) is 3.00. The Hall–Kier alpha value is -2.88. The van der Waals surface area contributed by atoms with Gasteiger partial charge in [0.2, 0.25) is 0 Å². The number of hydrogen-bond acceptors (Lipinski definition) is 4. The van der Waals surface area contributed by atoms with Gasteiger partial charge in [0.1, 0.15) is 0 Å². The van der Waals surface area contributed by atoms with Gasteiger partial charge in [-0.15, -0.1) is 0 Å². The van der Waals surface area contributed by atoms with Crippen molar-refractivity contribution in [3.8, 4) is 0 Å². The molecule has 2 aromatic carbocycles. The molecule has 0 heterocycles. The Bertz CT molecular complexity index is 700. The van der Waals surface area contributed by atoms with Crippen molar-refractivity contribution in [2.75, 3.05) is 11.9 Å². The van der Waals surface area contributed by atoms with Gasteiger partial charge in [0.05, 0.1) is 12.2 Å². The maximum atomic E-state index is 12.0. The second kappa shape index (κ2) is 7.94. The normalized spacial score (nSPS) is 10.5. The summed E-state index contributed by atoms with van der Waals surface area (Å²) in [6.45, 7) is 4.10. The van der Waals surface area contributed by atoms with Gasteiger partial charge in [-0.25, -0.2) is 4.79 Å². The first-order chi connectivity index (χ1) is 11.1. The standard InChI is InChI=1S/C19H19NO3/c1-3-23-19(22)16-8-10-17(11-9-16)20-13-12-18(21)15-6-4-14(2)5-7-15/h4-13,20H,3H2,1-2H3/b13-12-. The van der Waals surface area contributed by atoms with E-state index < -0.39 is 0 Å². The molecule has 0 radical (unpaired) electrons. The molecule has 0 spiro atoms. The highest BCUT2D eigenvalue weighted by Crippen LogP contribution is 2.11. The summed E-state index contributed by atoms with van der Waals surface area (Å²) in [5.74, 6) is -0.412. The van der Waals surface area contributed by atoms with Crippen molar-refractivity contribution in [2.24, 2.45) is 0 Å². The minimum atomic E-state index is -0.343. The molecule has 23 heavy (non-hydrogen) atoms. The van der Waals surface area contributed by atoms with E-state index in [1.807, 2.05) is 19.1 Å². The van der Waals surface area contributed by atoms with Gasteiger partial charge in [-0.3, -0.25) is 4.79 Å². The van der Waals surface area contributed by atoms with Gasteiger partial charge >= 0.3 is 5.97 Å². The number of allylic oxidation sites excluding steroid dienone is 1. The molecule has 0 unspecified atom stereocenters. The first kappa shape index (κ1) is 16.5. The van der Waals surface area contributed by atoms with Gasteiger partial charge in [-0.2, -0.15) is 0 Å². The van der Waals surface area contributed by atoms with Crippen LogP contribution in [0.4, 0.5) is 5.69 Å². The molecule has 1 N–H and O–H groups in total. The van der Waals surface area contributed by atoms with Crippen LogP contribution in [0.15, 0.2) is 60.8 Å². The SMILES string of the molecule is CCOC(=O)c1ccc(N/C=C\C(=O)c2ccc(C)cc2)cc1. The van der Waals surface area contributed by atoms with Crippen molar-refractivity contribution in [3.05, 3.63) is 77.5 Å². The van der Waals surface area contributed by atoms with E-state index in [-0.39, 0.29) is 11.8 Å². The molecular weight excluding hydrogens is 290 g/mol. The fourth-order valence-electron chi connectivity index (χ4n) is 1.94. The molecule has 4 heteroatoms. The van der Waals surface area contributed by atoms with Gasteiger partial charge in [-0.1, -0.05) is 29.8 Å². The van der Waals surface area contributed by atoms with E-state index in [2.05, 4.69) is 5.32 Å². The van der Waals surface area contributed by atoms with Crippen molar-refractivity contribution >= 4 is 17.4 Å². The van der Waals surface area contributed by atoms with Crippen LogP contribution in [0.25, 0.3) is 0 Å². The zero-order valence-corrected chi connectivity index (χ0v) is 13.2. The van der Waals surface area contributed by atoms with E-state index in [1.54, 1.807) is 49.5 Å². The number of carbonyl (C=O) groups excluding carboxylic acids is 2. The van der Waals surface area contributed by atoms with E-state index in [4.69, 9.17) is 4.74 Å². The van der Waals surface area contributed by atoms with Gasteiger partial charge in [0, 0.05) is 23.5 Å². The Morgan fingerprint density at radius 3 is 2.22 bits per heavy atom. The van der Waals surface area contributed by atoms with Crippen molar-refractivity contribution in [3.63, 3.8) is 0 Å². The number of ketones is 1. The van der Waals surface area contributed by atoms with Crippen LogP contribution < -0.4 is 5.32 Å². The largest absolute Gasteiger partial charge is 0.462 e. The van der Waals surface area contributed by atoms with Gasteiger partial charge in [-0.05, 0) is 38.1 Å². The lowest BCUT2D eigenvalue weighted by molar-refractivity contribution is 0.0526. The summed E-state index contributed by atoms with van der Waals surface area (Å²) in [6.07, 6.45) is 3.06. The average molecular weight is 309 g/mol. The summed E-state index contributed by atoms with van der Waals surface area (Å²) >= 11 is 0. The van der Waals surface area contributed by atoms with Crippen molar-refractivity contribution in [2.45, 2.75) is 13.8 Å². The Morgan fingerprint density at radius 2 is 1.61 bits per heavy atom. The number of hydrogen-bond donors (Lipinski definition) is 1. The van der Waals surface area contributed by atoms with E-state index in [0.717, 1.165) is 11.3 Å². The van der Waals surface area contributed by atoms with Gasteiger partial charge in [0.25, 0.3) is 0 Å². The summed E-state index contributed by atoms with van der Waals surface area (Å²) < 4.78 is 4.92. The number of carbonyl (C=O) groups is 2. The summed E-state index contributed by atoms with van der Waals surface area (Å²) in [7, 11) is 0. The van der Waals surface area contributed by atoms with Crippen molar-refractivity contribution < 1.29 is 14.3 Å². The van der Waals surface area contributed by atoms with Crippen LogP contribution in [0.5, 0.6) is 0 Å². The molecular formula is C19H19NO3. The summed E-state index contributed by atoms with van der Waals surface area (Å²) in [5.41, 5.74) is 3.04. The third-order valence-corrected chi connectivity index (χ3v) is 3.22. The number of rotatable bonds is 6. The lowest BCUT2D eigenvalue weighted by Gasteiger charge is -2.04. The molecule has 0 fully saturated rings. The molecule has 2 aromatic rings. The van der Waals surface area contributed by atoms with E-state index in [0.29, 0.717) is 17.7 Å². The maximum absolute atomic E-state index is 12.0. The third kappa shape index (κ3) is 4.81. The van der Waals surface area contributed by atoms with Crippen molar-refractivity contribution in [1.29, 1.82) is 0 Å². The quantitative estimate of drug-likeness (QED) is 0.498. The molecule has 0 saturated heterocycles. The van der Waals surface area contributed by atoms with E-state index in [9.17, 15) is 9.59 Å². The van der Waals surface area contributed by atoms with Crippen LogP contribution in [-0.4, -0.2) is 18.4 Å². The molecule has 0 aliphatic heterocycles. The first-order valence-electron chi connectivity index (χ1n) is 7.41. The van der Waals surface area contributed by atoms with Crippen LogP contribution in [0.2, 0.25) is 0 Å². The smallest absolute Gasteiger partial charge is 0.338 e. The van der Waals surface area contributed by atoms with Crippen LogP contribution in [0.3, 0.4) is 0 Å². The Morgan fingerprint density at radius 1 is 1.00 bits per heavy atom. The molecule has 2 rings (SSSR count). The number of aryl methyl sites for hydroxylation is 1. The molecule has 0 aliphatic rings. The number of esters is 1. The topological polar surface area (TPSA) is 55.4 Å². The first-order valence-corrected chi connectivity index (χ1v) is 7.41. The molecule has 0 bridgehead atoms. The molecule has 0 saturated carbocycles. The molecule has 0 atom stereocenters. The Balaban J connectivity index is 1.93. The zero-order chi connectivity index (χ0) is 16.7. The second-order valence-electron chi connectivity index (χ2n) is 5.01. The maximum Gasteiger partial charge on any atom is 0.338 e. The molecule has 118 valence electrons. The summed E-state index contributed by atoms with van der Waals surface area (Å²) in [4.78, 5) is 23.5. The summed E-state index contributed by atoms with van der Waals surface area (Å²) in [6, 6.07) is 14.3. The van der Waals surface area contributed by atoms with Crippen LogP contribution >= 0.6 is 0 Å². The fraction of sp³-hybridized carbons (Fsp3) is 0.158. The number of ether oxygens (including phenoxy) is 1. The van der Waals surface area contributed by atoms with Gasteiger partial charge in [0.15, 0.2) is 5.78 Å². The van der Waals surface area contributed by atoms with Crippen LogP contribution in [-0.2, 0) is 4.74 Å². The average Bonchev–Trinajstić information content (AvgIpc) is 2.56. The van der Waals surface area contributed by atoms with Gasteiger partial charge < -0.3 is 10.1 Å². The predicted molar refractivity (Wildman–Crippen MR) is 90.7 cm³/mol. The van der Waals surface area contributed by atoms with Crippen LogP contribution in [0.1, 0.15) is 33.2 Å². The monoisotopic (exact) mass is 309 g/mol. The minimum absolute atomic E-state index is 0.0688. The number of anilines is 1. The fourth-order valence-corrected chi connectivity index (χ4v) is 1.94. The lowest BCUT2D eigenvalue weighted by atomic mass is 10.1. The van der Waals surface area contributed by atoms with Crippen LogP contribution in [0, 0.1) is 6.92 Å². The molecule has 0 amide bonds. The molecule has 4 nitrogen and oxygen atoms in total. The Labute approximate surface area is 135 Å². The minimum Gasteiger partial charge on any atom is -0.462 e. The second-order valence-corrected chi connectivity index (χ2v) is 5.01.